The fourth-order valence-corrected chi connectivity index (χ4v) is 5.12. The first-order valence-corrected chi connectivity index (χ1v) is 10.6. The van der Waals surface area contributed by atoms with Gasteiger partial charge >= 0.3 is 0 Å². The monoisotopic (exact) mass is 368 g/mol. The summed E-state index contributed by atoms with van der Waals surface area (Å²) in [7, 11) is 3.85. The van der Waals surface area contributed by atoms with Gasteiger partial charge in [-0.05, 0) is 69.3 Å². The van der Waals surface area contributed by atoms with Gasteiger partial charge in [-0.3, -0.25) is 4.79 Å². The lowest BCUT2D eigenvalue weighted by Crippen LogP contribution is -2.35. The summed E-state index contributed by atoms with van der Waals surface area (Å²) in [5.74, 6) is 1.19. The Morgan fingerprint density at radius 1 is 1.11 bits per heavy atom. The topological polar surface area (TPSA) is 34.5 Å². The molecular weight excluding hydrogens is 336 g/mol. The molecule has 1 aromatic heterocycles. The molecule has 0 bridgehead atoms. The number of ketones is 1. The molecule has 0 saturated carbocycles. The van der Waals surface area contributed by atoms with E-state index in [9.17, 15) is 4.79 Å². The minimum Gasteiger partial charge on any atom is -0.495 e. The smallest absolute Gasteiger partial charge is 0.167 e. The highest BCUT2D eigenvalue weighted by Crippen LogP contribution is 2.39. The first-order valence-electron chi connectivity index (χ1n) is 10.6. The maximum Gasteiger partial charge on any atom is 0.167 e. The lowest BCUT2D eigenvalue weighted by molar-refractivity contribution is 0.0885. The van der Waals surface area contributed by atoms with Crippen LogP contribution in [0.25, 0.3) is 10.9 Å². The Kier molecular flexibility index (Phi) is 5.27. The molecule has 27 heavy (non-hydrogen) atoms. The van der Waals surface area contributed by atoms with Crippen molar-refractivity contribution in [2.24, 2.45) is 13.0 Å². The predicted molar refractivity (Wildman–Crippen MR) is 110 cm³/mol. The molecule has 4 nitrogen and oxygen atoms in total. The fourth-order valence-electron chi connectivity index (χ4n) is 5.12. The SMILES string of the molecule is COc1ccc(C(=O)C(C)CN2CCCCC2)c2c3c(n(C)c12)CCCC3. The molecule has 4 heteroatoms. The Hall–Kier alpha value is -1.81. The van der Waals surface area contributed by atoms with Crippen molar-refractivity contribution in [3.8, 4) is 5.75 Å². The number of aryl methyl sites for hydroxylation is 2. The van der Waals surface area contributed by atoms with Crippen molar-refractivity contribution in [2.45, 2.75) is 51.9 Å². The van der Waals surface area contributed by atoms with Gasteiger partial charge in [-0.2, -0.15) is 0 Å². The fraction of sp³-hybridized carbons (Fsp3) is 0.609. The summed E-state index contributed by atoms with van der Waals surface area (Å²) in [6.07, 6.45) is 8.46. The molecule has 0 amide bonds. The van der Waals surface area contributed by atoms with Crippen LogP contribution < -0.4 is 4.74 Å². The second kappa shape index (κ2) is 7.67. The van der Waals surface area contributed by atoms with Crippen molar-refractivity contribution in [3.05, 3.63) is 29.0 Å². The molecule has 146 valence electrons. The van der Waals surface area contributed by atoms with E-state index in [1.165, 1.54) is 43.4 Å². The molecule has 1 fully saturated rings. The summed E-state index contributed by atoms with van der Waals surface area (Å²) < 4.78 is 7.93. The molecule has 1 unspecified atom stereocenters. The van der Waals surface area contributed by atoms with Crippen LogP contribution in [0.3, 0.4) is 0 Å². The van der Waals surface area contributed by atoms with Gasteiger partial charge in [-0.15, -0.1) is 0 Å². The van der Waals surface area contributed by atoms with Gasteiger partial charge in [-0.1, -0.05) is 13.3 Å². The van der Waals surface area contributed by atoms with Crippen molar-refractivity contribution >= 4 is 16.7 Å². The van der Waals surface area contributed by atoms with Gasteiger partial charge < -0.3 is 14.2 Å². The number of likely N-dealkylation sites (tertiary alicyclic amines) is 1. The summed E-state index contributed by atoms with van der Waals surface area (Å²) in [6.45, 7) is 5.25. The first kappa shape index (κ1) is 18.5. The highest BCUT2D eigenvalue weighted by molar-refractivity contribution is 6.11. The molecule has 1 aromatic carbocycles. The summed E-state index contributed by atoms with van der Waals surface area (Å²) in [4.78, 5) is 15.9. The third-order valence-corrected chi connectivity index (χ3v) is 6.54. The molecule has 1 saturated heterocycles. The molecule has 2 aromatic rings. The van der Waals surface area contributed by atoms with Crippen LogP contribution in [0.15, 0.2) is 12.1 Å². The standard InChI is InChI=1S/C23H32N2O2/c1-16(15-25-13-7-4-8-14-25)23(26)18-11-12-20(27-3)22-21(18)17-9-5-6-10-19(17)24(22)2/h11-12,16H,4-10,13-15H2,1-3H3. The minimum atomic E-state index is 0.0270. The van der Waals surface area contributed by atoms with Crippen LogP contribution in [0.4, 0.5) is 0 Å². The molecule has 1 atom stereocenters. The second-order valence-corrected chi connectivity index (χ2v) is 8.36. The normalized spacial score (nSPS) is 19.1. The van der Waals surface area contributed by atoms with Gasteiger partial charge in [0.25, 0.3) is 0 Å². The van der Waals surface area contributed by atoms with Crippen LogP contribution in [0.2, 0.25) is 0 Å². The molecule has 0 N–H and O–H groups in total. The van der Waals surface area contributed by atoms with Crippen molar-refractivity contribution in [1.82, 2.24) is 9.47 Å². The lowest BCUT2D eigenvalue weighted by atomic mass is 9.90. The van der Waals surface area contributed by atoms with E-state index in [1.807, 2.05) is 12.1 Å². The predicted octanol–water partition coefficient (Wildman–Crippen LogP) is 4.37. The van der Waals surface area contributed by atoms with E-state index in [0.29, 0.717) is 0 Å². The number of carbonyl (C=O) groups excluding carboxylic acids is 1. The van der Waals surface area contributed by atoms with Crippen LogP contribution in [0.5, 0.6) is 5.75 Å². The molecule has 0 radical (unpaired) electrons. The average molecular weight is 369 g/mol. The van der Waals surface area contributed by atoms with Crippen LogP contribution in [0, 0.1) is 5.92 Å². The molecule has 4 rings (SSSR count). The number of nitrogens with zero attached hydrogens (tertiary/aromatic N) is 2. The van der Waals surface area contributed by atoms with Gasteiger partial charge in [0.15, 0.2) is 5.78 Å². The number of methoxy groups -OCH3 is 1. The number of hydrogen-bond donors (Lipinski definition) is 0. The zero-order valence-electron chi connectivity index (χ0n) is 17.0. The van der Waals surface area contributed by atoms with Crippen molar-refractivity contribution in [2.75, 3.05) is 26.7 Å². The Balaban J connectivity index is 1.73. The van der Waals surface area contributed by atoms with Gasteiger partial charge in [0.05, 0.1) is 12.6 Å². The van der Waals surface area contributed by atoms with Crippen molar-refractivity contribution in [3.63, 3.8) is 0 Å². The van der Waals surface area contributed by atoms with E-state index < -0.39 is 0 Å². The zero-order chi connectivity index (χ0) is 19.0. The number of carbonyl (C=O) groups is 1. The second-order valence-electron chi connectivity index (χ2n) is 8.36. The van der Waals surface area contributed by atoms with Gasteiger partial charge in [0, 0.05) is 36.2 Å². The van der Waals surface area contributed by atoms with Crippen LogP contribution in [0.1, 0.15) is 60.6 Å². The molecule has 2 heterocycles. The minimum absolute atomic E-state index is 0.0270. The molecule has 1 aliphatic carbocycles. The third kappa shape index (κ3) is 3.29. The number of hydrogen-bond acceptors (Lipinski definition) is 3. The highest BCUT2D eigenvalue weighted by Gasteiger charge is 2.27. The van der Waals surface area contributed by atoms with Crippen LogP contribution in [-0.4, -0.2) is 42.0 Å². The summed E-state index contributed by atoms with van der Waals surface area (Å²) in [6, 6.07) is 3.99. The van der Waals surface area contributed by atoms with Gasteiger partial charge in [-0.25, -0.2) is 0 Å². The Bertz CT molecular complexity index is 846. The number of fused-ring (bicyclic) bond motifs is 3. The maximum atomic E-state index is 13.5. The maximum absolute atomic E-state index is 13.5. The van der Waals surface area contributed by atoms with Crippen LogP contribution >= 0.6 is 0 Å². The Labute approximate surface area is 162 Å². The van der Waals surface area contributed by atoms with E-state index in [2.05, 4.69) is 23.4 Å². The quantitative estimate of drug-likeness (QED) is 0.735. The number of benzene rings is 1. The van der Waals surface area contributed by atoms with E-state index in [1.54, 1.807) is 7.11 Å². The Morgan fingerprint density at radius 2 is 1.85 bits per heavy atom. The van der Waals surface area contributed by atoms with Crippen molar-refractivity contribution < 1.29 is 9.53 Å². The van der Waals surface area contributed by atoms with E-state index in [0.717, 1.165) is 54.7 Å². The Morgan fingerprint density at radius 3 is 2.59 bits per heavy atom. The molecular formula is C23H32N2O2. The van der Waals surface area contributed by atoms with Crippen molar-refractivity contribution in [1.29, 1.82) is 0 Å². The van der Waals surface area contributed by atoms with Gasteiger partial charge in [0.2, 0.25) is 0 Å². The number of ether oxygens (including phenoxy) is 1. The summed E-state index contributed by atoms with van der Waals surface area (Å²) in [5, 5.41) is 1.15. The number of aromatic nitrogens is 1. The summed E-state index contributed by atoms with van der Waals surface area (Å²) >= 11 is 0. The first-order chi connectivity index (χ1) is 13.1. The lowest BCUT2D eigenvalue weighted by Gasteiger charge is -2.28. The van der Waals surface area contributed by atoms with Gasteiger partial charge in [0.1, 0.15) is 5.75 Å². The number of Topliss-reactive ketones (excluding diaryl/α,β-unsaturated/α-hetero) is 1. The number of rotatable bonds is 5. The van der Waals surface area contributed by atoms with E-state index in [-0.39, 0.29) is 11.7 Å². The largest absolute Gasteiger partial charge is 0.495 e. The average Bonchev–Trinajstić information content (AvgIpc) is 3.01. The molecule has 0 spiro atoms. The highest BCUT2D eigenvalue weighted by atomic mass is 16.5. The summed E-state index contributed by atoms with van der Waals surface area (Å²) in [5.41, 5.74) is 4.76. The zero-order valence-corrected chi connectivity index (χ0v) is 17.0. The number of piperidine rings is 1. The van der Waals surface area contributed by atoms with Crippen LogP contribution in [-0.2, 0) is 19.9 Å². The molecule has 1 aliphatic heterocycles. The third-order valence-electron chi connectivity index (χ3n) is 6.54. The van der Waals surface area contributed by atoms with E-state index in [4.69, 9.17) is 4.74 Å². The van der Waals surface area contributed by atoms with E-state index >= 15 is 0 Å². The molecule has 2 aliphatic rings.